The molecule has 0 aromatic heterocycles. The van der Waals surface area contributed by atoms with Crippen molar-refractivity contribution < 1.29 is 0 Å². The van der Waals surface area contributed by atoms with E-state index in [0.29, 0.717) is 6.42 Å². The van der Waals surface area contributed by atoms with E-state index in [1.807, 2.05) is 18.2 Å². The summed E-state index contributed by atoms with van der Waals surface area (Å²) in [7, 11) is 0. The zero-order valence-electron chi connectivity index (χ0n) is 15.0. The molecule has 24 heavy (non-hydrogen) atoms. The summed E-state index contributed by atoms with van der Waals surface area (Å²) in [5.74, 6) is 0. The Morgan fingerprint density at radius 3 is 1.83 bits per heavy atom. The molecule has 4 heteroatoms. The van der Waals surface area contributed by atoms with Gasteiger partial charge >= 0.3 is 0 Å². The van der Waals surface area contributed by atoms with Crippen LogP contribution in [0, 0.1) is 0 Å². The molecule has 0 atom stereocenters. The Balaban J connectivity index is 0.00000529. The van der Waals surface area contributed by atoms with Gasteiger partial charge in [-0.15, -0.1) is 12.4 Å². The molecule has 0 amide bonds. The molecular formula is C20H34Cl3N. The summed E-state index contributed by atoms with van der Waals surface area (Å²) in [5, 5.41) is 3.26. The first kappa shape index (κ1) is 24.1. The fourth-order valence-electron chi connectivity index (χ4n) is 2.80. The van der Waals surface area contributed by atoms with Gasteiger partial charge in [0, 0.05) is 6.42 Å². The van der Waals surface area contributed by atoms with Crippen LogP contribution in [0.3, 0.4) is 0 Å². The number of rotatable bonds is 14. The van der Waals surface area contributed by atoms with Crippen LogP contribution in [0.2, 0.25) is 0 Å². The number of alkyl halides is 2. The first-order valence-electron chi connectivity index (χ1n) is 9.31. The van der Waals surface area contributed by atoms with Crippen LogP contribution in [0.25, 0.3) is 0 Å². The summed E-state index contributed by atoms with van der Waals surface area (Å²) in [6.45, 7) is 3.15. The molecule has 1 aromatic carbocycles. The molecule has 0 bridgehead atoms. The minimum Gasteiger partial charge on any atom is -0.286 e. The topological polar surface area (TPSA) is 12.0 Å². The molecule has 0 fully saturated rings. The number of hydrogen-bond acceptors (Lipinski definition) is 1. The smallest absolute Gasteiger partial charge is 0.172 e. The Bertz CT molecular complexity index is 382. The number of nitrogens with one attached hydrogen (secondary N) is 1. The summed E-state index contributed by atoms with van der Waals surface area (Å²) < 4.78 is -0.860. The number of benzene rings is 1. The Labute approximate surface area is 165 Å². The van der Waals surface area contributed by atoms with Gasteiger partial charge in [0.1, 0.15) is 0 Å². The SMILES string of the molecule is CCCCCCCCCCCCNC(Cl)(Cl)Cc1ccccc1.Cl. The molecule has 0 radical (unpaired) electrons. The predicted molar refractivity (Wildman–Crippen MR) is 112 cm³/mol. The molecule has 0 saturated carbocycles. The van der Waals surface area contributed by atoms with Crippen LogP contribution in [-0.4, -0.2) is 11.0 Å². The fraction of sp³-hybridized carbons (Fsp3) is 0.700. The van der Waals surface area contributed by atoms with Crippen molar-refractivity contribution in [3.63, 3.8) is 0 Å². The normalized spacial score (nSPS) is 11.3. The maximum absolute atomic E-state index is 6.35. The Morgan fingerprint density at radius 2 is 1.29 bits per heavy atom. The standard InChI is InChI=1S/C20H33Cl2N.ClH/c1-2-3-4-5-6-7-8-9-10-14-17-23-20(21,22)18-19-15-12-11-13-16-19;/h11-13,15-16,23H,2-10,14,17-18H2,1H3;1H. The molecule has 1 aromatic rings. The third-order valence-electron chi connectivity index (χ3n) is 4.18. The molecule has 1 rings (SSSR count). The van der Waals surface area contributed by atoms with E-state index in [-0.39, 0.29) is 12.4 Å². The van der Waals surface area contributed by atoms with Crippen molar-refractivity contribution in [2.24, 2.45) is 0 Å². The minimum atomic E-state index is -0.860. The van der Waals surface area contributed by atoms with E-state index < -0.39 is 4.46 Å². The second kappa shape index (κ2) is 15.3. The molecule has 1 N–H and O–H groups in total. The average Bonchev–Trinajstić information content (AvgIpc) is 2.53. The van der Waals surface area contributed by atoms with Gasteiger partial charge in [-0.3, -0.25) is 5.32 Å². The summed E-state index contributed by atoms with van der Waals surface area (Å²) in [5.41, 5.74) is 1.16. The number of unbranched alkanes of at least 4 members (excludes halogenated alkanes) is 9. The highest BCUT2D eigenvalue weighted by molar-refractivity contribution is 6.48. The van der Waals surface area contributed by atoms with Crippen molar-refractivity contribution >= 4 is 35.6 Å². The van der Waals surface area contributed by atoms with Gasteiger partial charge < -0.3 is 0 Å². The second-order valence-electron chi connectivity index (χ2n) is 6.48. The lowest BCUT2D eigenvalue weighted by Crippen LogP contribution is -2.36. The van der Waals surface area contributed by atoms with Gasteiger partial charge in [0.15, 0.2) is 4.46 Å². The monoisotopic (exact) mass is 393 g/mol. The maximum atomic E-state index is 6.35. The van der Waals surface area contributed by atoms with E-state index >= 15 is 0 Å². The van der Waals surface area contributed by atoms with Crippen molar-refractivity contribution in [1.29, 1.82) is 0 Å². The molecule has 140 valence electrons. The zero-order valence-corrected chi connectivity index (χ0v) is 17.4. The largest absolute Gasteiger partial charge is 0.286 e. The van der Waals surface area contributed by atoms with E-state index in [0.717, 1.165) is 18.5 Å². The van der Waals surface area contributed by atoms with Gasteiger partial charge in [-0.25, -0.2) is 0 Å². The van der Waals surface area contributed by atoms with Crippen LogP contribution in [0.15, 0.2) is 30.3 Å². The van der Waals surface area contributed by atoms with Gasteiger partial charge in [0.25, 0.3) is 0 Å². The minimum absolute atomic E-state index is 0. The summed E-state index contributed by atoms with van der Waals surface area (Å²) in [6, 6.07) is 10.1. The number of halogens is 3. The summed E-state index contributed by atoms with van der Waals surface area (Å²) in [4.78, 5) is 0. The third-order valence-corrected chi connectivity index (χ3v) is 4.72. The van der Waals surface area contributed by atoms with E-state index in [2.05, 4.69) is 24.4 Å². The fourth-order valence-corrected chi connectivity index (χ4v) is 3.30. The highest BCUT2D eigenvalue weighted by atomic mass is 35.5. The Hall–Kier alpha value is 0.0500. The maximum Gasteiger partial charge on any atom is 0.172 e. The molecule has 0 saturated heterocycles. The van der Waals surface area contributed by atoms with Crippen molar-refractivity contribution in [2.45, 2.75) is 82.0 Å². The van der Waals surface area contributed by atoms with Crippen molar-refractivity contribution in [3.05, 3.63) is 35.9 Å². The van der Waals surface area contributed by atoms with Crippen LogP contribution in [0.1, 0.15) is 76.7 Å². The highest BCUT2D eigenvalue weighted by Gasteiger charge is 2.22. The Kier molecular flexibility index (Phi) is 15.3. The van der Waals surface area contributed by atoms with Gasteiger partial charge in [-0.05, 0) is 18.5 Å². The van der Waals surface area contributed by atoms with E-state index in [4.69, 9.17) is 23.2 Å². The second-order valence-corrected chi connectivity index (χ2v) is 7.96. The Morgan fingerprint density at radius 1 is 0.792 bits per heavy atom. The van der Waals surface area contributed by atoms with E-state index in [9.17, 15) is 0 Å². The van der Waals surface area contributed by atoms with Crippen molar-refractivity contribution in [3.8, 4) is 0 Å². The van der Waals surface area contributed by atoms with Gasteiger partial charge in [0.05, 0.1) is 0 Å². The zero-order chi connectivity index (χ0) is 16.8. The van der Waals surface area contributed by atoms with Crippen LogP contribution < -0.4 is 5.32 Å². The molecular weight excluding hydrogens is 361 g/mol. The first-order valence-corrected chi connectivity index (χ1v) is 10.1. The van der Waals surface area contributed by atoms with Gasteiger partial charge in [-0.2, -0.15) is 0 Å². The van der Waals surface area contributed by atoms with Crippen LogP contribution in [0.4, 0.5) is 0 Å². The molecule has 1 nitrogen and oxygen atoms in total. The highest BCUT2D eigenvalue weighted by Crippen LogP contribution is 2.23. The average molecular weight is 395 g/mol. The summed E-state index contributed by atoms with van der Waals surface area (Å²) in [6.07, 6.45) is 14.1. The molecule has 0 heterocycles. The molecule has 0 aliphatic carbocycles. The first-order chi connectivity index (χ1) is 11.1. The van der Waals surface area contributed by atoms with Crippen LogP contribution >= 0.6 is 35.6 Å². The van der Waals surface area contributed by atoms with Crippen LogP contribution in [0.5, 0.6) is 0 Å². The van der Waals surface area contributed by atoms with Crippen LogP contribution in [-0.2, 0) is 6.42 Å². The molecule has 0 unspecified atom stereocenters. The quantitative estimate of drug-likeness (QED) is 0.198. The van der Waals surface area contributed by atoms with Crippen molar-refractivity contribution in [2.75, 3.05) is 6.54 Å². The lowest BCUT2D eigenvalue weighted by Gasteiger charge is -2.21. The van der Waals surface area contributed by atoms with Gasteiger partial charge in [0.2, 0.25) is 0 Å². The van der Waals surface area contributed by atoms with E-state index in [1.54, 1.807) is 0 Å². The van der Waals surface area contributed by atoms with Crippen molar-refractivity contribution in [1.82, 2.24) is 5.32 Å². The van der Waals surface area contributed by atoms with E-state index in [1.165, 1.54) is 57.8 Å². The molecule has 0 aliphatic rings. The lowest BCUT2D eigenvalue weighted by atomic mass is 10.1. The molecule has 0 aliphatic heterocycles. The molecule has 0 spiro atoms. The predicted octanol–water partition coefficient (Wildman–Crippen LogP) is 7.29. The number of hydrogen-bond donors (Lipinski definition) is 1. The third kappa shape index (κ3) is 13.4. The van der Waals surface area contributed by atoms with Gasteiger partial charge in [-0.1, -0.05) is 118 Å². The summed E-state index contributed by atoms with van der Waals surface area (Å²) >= 11 is 12.7. The lowest BCUT2D eigenvalue weighted by molar-refractivity contribution is 0.523.